The molecule has 1 aromatic heterocycles. The number of urea groups is 1. The van der Waals surface area contributed by atoms with Crippen LogP contribution in [0, 0.1) is 11.3 Å². The molecule has 4 amide bonds. The van der Waals surface area contributed by atoms with Crippen LogP contribution in [0.5, 0.6) is 17.2 Å². The Bertz CT molecular complexity index is 2760. The molecule has 9 rings (SSSR count). The maximum atomic E-state index is 13.9. The number of carbonyl (C=O) groups is 3. The van der Waals surface area contributed by atoms with Gasteiger partial charge in [-0.15, -0.1) is 0 Å². The number of nitrogens with zero attached hydrogens (tertiary/aromatic N) is 8. The summed E-state index contributed by atoms with van der Waals surface area (Å²) >= 11 is 0. The number of hydrogen-bond donors (Lipinski definition) is 6. The fourth-order valence-electron chi connectivity index (χ4n) is 10.2. The van der Waals surface area contributed by atoms with Gasteiger partial charge in [0.1, 0.15) is 28.8 Å². The summed E-state index contributed by atoms with van der Waals surface area (Å²) in [5, 5.41) is 36.3. The monoisotopic (exact) mass is 950 g/mol. The number of carbonyl (C=O) groups excluding carboxylic acids is 3. The molecule has 366 valence electrons. The third-order valence-electron chi connectivity index (χ3n) is 14.1. The topological polar surface area (TPSA) is 220 Å². The van der Waals surface area contributed by atoms with E-state index >= 15 is 0 Å². The third-order valence-corrected chi connectivity index (χ3v) is 14.1. The number of nitrogens with two attached hydrogens (primary N) is 1. The number of nitrogens with one attached hydrogen (secondary N) is 3. The molecule has 0 atom stereocenters. The molecule has 0 spiro atoms. The van der Waals surface area contributed by atoms with Gasteiger partial charge in [0.15, 0.2) is 5.82 Å². The Labute approximate surface area is 408 Å². The summed E-state index contributed by atoms with van der Waals surface area (Å²) in [6.07, 6.45) is 5.09. The number of fused-ring (bicyclic) bond motifs is 2. The first kappa shape index (κ1) is 47.5. The minimum Gasteiger partial charge on any atom is -0.508 e. The van der Waals surface area contributed by atoms with Gasteiger partial charge in [-0.3, -0.25) is 19.9 Å². The second-order valence-corrected chi connectivity index (χ2v) is 18.7. The van der Waals surface area contributed by atoms with E-state index in [1.54, 1.807) is 36.3 Å². The van der Waals surface area contributed by atoms with Gasteiger partial charge in [-0.1, -0.05) is 26.0 Å². The number of ether oxygens (including phenoxy) is 1. The van der Waals surface area contributed by atoms with E-state index in [9.17, 15) is 24.6 Å². The van der Waals surface area contributed by atoms with E-state index in [4.69, 9.17) is 20.9 Å². The van der Waals surface area contributed by atoms with Crippen molar-refractivity contribution in [1.29, 1.82) is 5.41 Å². The molecule has 0 saturated carbocycles. The van der Waals surface area contributed by atoms with Crippen molar-refractivity contribution in [3.05, 3.63) is 102 Å². The van der Waals surface area contributed by atoms with E-state index in [0.717, 1.165) is 100 Å². The summed E-state index contributed by atoms with van der Waals surface area (Å²) in [6.45, 7) is 12.7. The van der Waals surface area contributed by atoms with Gasteiger partial charge in [0, 0.05) is 94.9 Å². The van der Waals surface area contributed by atoms with E-state index in [-0.39, 0.29) is 46.5 Å². The summed E-state index contributed by atoms with van der Waals surface area (Å²) in [4.78, 5) is 60.8. The lowest BCUT2D eigenvalue weighted by Gasteiger charge is -2.44. The Morgan fingerprint density at radius 2 is 1.57 bits per heavy atom. The number of primary amides is 1. The number of hydrogen-bond acceptors (Lipinski definition) is 14. The van der Waals surface area contributed by atoms with E-state index in [0.29, 0.717) is 58.4 Å². The van der Waals surface area contributed by atoms with Crippen LogP contribution in [0.15, 0.2) is 85.1 Å². The molecule has 0 aliphatic carbocycles. The second kappa shape index (κ2) is 20.2. The smallest absolute Gasteiger partial charge is 0.325 e. The van der Waals surface area contributed by atoms with Crippen molar-refractivity contribution in [1.82, 2.24) is 19.8 Å². The minimum absolute atomic E-state index is 0.00588. The van der Waals surface area contributed by atoms with Crippen LogP contribution in [0.2, 0.25) is 0 Å². The van der Waals surface area contributed by atoms with Gasteiger partial charge in [0.2, 0.25) is 11.9 Å². The lowest BCUT2D eigenvalue weighted by molar-refractivity contribution is -0.137. The van der Waals surface area contributed by atoms with Crippen molar-refractivity contribution in [3.8, 4) is 17.2 Å². The zero-order valence-electron chi connectivity index (χ0n) is 40.2. The number of likely N-dealkylation sites (tertiary alicyclic amines) is 1. The normalized spacial score (nSPS) is 16.8. The number of amidine groups is 1. The number of piperazine rings is 1. The highest BCUT2D eigenvalue weighted by molar-refractivity contribution is 6.22. The summed E-state index contributed by atoms with van der Waals surface area (Å²) in [5.41, 5.74) is 11.4. The number of anilines is 8. The van der Waals surface area contributed by atoms with Gasteiger partial charge in [-0.2, -0.15) is 4.98 Å². The number of para-hydroxylation sites is 1. The van der Waals surface area contributed by atoms with Gasteiger partial charge in [-0.25, -0.2) is 14.7 Å². The molecule has 5 aromatic rings. The molecule has 7 N–H and O–H groups in total. The average Bonchev–Trinajstić information content (AvgIpc) is 3.47. The molecule has 0 radical (unpaired) electrons. The SMILES string of the molecule is CCOc1cc(N2CCC(C(=O)N3CCC(N4CCN(c5ccc(N(C(=N)c6cc(C(C)C)c(O)cc6O)C(N)=O)cc5)CC4)CC3)CC2)ccc1Nc1ncc2c(n1)Nc1ccccc1C(=O)N2C. The predicted octanol–water partition coefficient (Wildman–Crippen LogP) is 7.43. The maximum Gasteiger partial charge on any atom is 0.325 e. The van der Waals surface area contributed by atoms with Gasteiger partial charge < -0.3 is 50.9 Å². The Hall–Kier alpha value is -7.60. The maximum absolute atomic E-state index is 13.9. The molecule has 5 heterocycles. The largest absolute Gasteiger partial charge is 0.508 e. The zero-order valence-corrected chi connectivity index (χ0v) is 40.2. The Balaban J connectivity index is 0.744. The molecule has 18 nitrogen and oxygen atoms in total. The van der Waals surface area contributed by atoms with Crippen LogP contribution in [0.3, 0.4) is 0 Å². The van der Waals surface area contributed by atoms with Gasteiger partial charge >= 0.3 is 6.03 Å². The van der Waals surface area contributed by atoms with Crippen LogP contribution < -0.4 is 40.7 Å². The summed E-state index contributed by atoms with van der Waals surface area (Å²) < 4.78 is 6.10. The van der Waals surface area contributed by atoms with Crippen LogP contribution in [-0.2, 0) is 4.79 Å². The summed E-state index contributed by atoms with van der Waals surface area (Å²) in [7, 11) is 1.71. The number of phenols is 2. The number of phenolic OH excluding ortho intramolecular Hbond substituents is 2. The standard InChI is InChI=1S/C52H62N12O6/c1-5-70-46-28-37(14-15-42(46)57-52-55-31-43-48(58-52)56-41-9-7-6-8-38(41)50(68)59(43)4)60-20-16-33(17-21-60)49(67)63-22-18-35(19-23-63)62-26-24-61(25-27-62)34-10-12-36(13-11-34)64(51(54)69)47(53)40-29-39(32(2)3)44(65)30-45(40)66/h6-15,28-33,35,53,65-66H,5,16-27H2,1-4H3,(H2,54,69)(H2,55,56,57,58). The van der Waals surface area contributed by atoms with Gasteiger partial charge in [0.25, 0.3) is 5.91 Å². The predicted molar refractivity (Wildman–Crippen MR) is 273 cm³/mol. The van der Waals surface area contributed by atoms with Crippen LogP contribution >= 0.6 is 0 Å². The lowest BCUT2D eigenvalue weighted by Crippen LogP contribution is -2.54. The molecule has 0 unspecified atom stereocenters. The number of amides is 4. The number of piperidine rings is 2. The minimum atomic E-state index is -0.859. The van der Waals surface area contributed by atoms with E-state index in [1.165, 1.54) is 12.1 Å². The quantitative estimate of drug-likeness (QED) is 0.0561. The highest BCUT2D eigenvalue weighted by Gasteiger charge is 2.34. The second-order valence-electron chi connectivity index (χ2n) is 18.7. The molecular formula is C52H62N12O6. The number of aromatic hydroxyl groups is 2. The molecule has 3 fully saturated rings. The first-order valence-electron chi connectivity index (χ1n) is 24.2. The Morgan fingerprint density at radius 3 is 2.26 bits per heavy atom. The lowest BCUT2D eigenvalue weighted by atomic mass is 9.93. The van der Waals surface area contributed by atoms with Crippen molar-refractivity contribution >= 4 is 69.6 Å². The molecule has 18 heteroatoms. The van der Waals surface area contributed by atoms with Crippen LogP contribution in [0.1, 0.15) is 73.9 Å². The molecule has 4 aromatic carbocycles. The highest BCUT2D eigenvalue weighted by atomic mass is 16.5. The first-order chi connectivity index (χ1) is 33.8. The molecular weight excluding hydrogens is 889 g/mol. The first-order valence-corrected chi connectivity index (χ1v) is 24.2. The van der Waals surface area contributed by atoms with Crippen molar-refractivity contribution in [2.45, 2.75) is 58.4 Å². The van der Waals surface area contributed by atoms with Gasteiger partial charge in [0.05, 0.1) is 41.0 Å². The van der Waals surface area contributed by atoms with Crippen molar-refractivity contribution in [2.24, 2.45) is 11.7 Å². The molecule has 70 heavy (non-hydrogen) atoms. The fraction of sp³-hybridized carbons (Fsp3) is 0.385. The third kappa shape index (κ3) is 9.68. The molecule has 4 aliphatic rings. The number of benzene rings is 4. The van der Waals surface area contributed by atoms with Gasteiger partial charge in [-0.05, 0) is 98.7 Å². The van der Waals surface area contributed by atoms with E-state index in [1.807, 2.05) is 63.2 Å². The van der Waals surface area contributed by atoms with E-state index < -0.39 is 6.03 Å². The fourth-order valence-corrected chi connectivity index (χ4v) is 10.2. The zero-order chi connectivity index (χ0) is 49.2. The average molecular weight is 951 g/mol. The highest BCUT2D eigenvalue weighted by Crippen LogP contribution is 2.38. The number of rotatable bonds is 11. The Morgan fingerprint density at radius 1 is 0.886 bits per heavy atom. The van der Waals surface area contributed by atoms with E-state index in [2.05, 4.69) is 41.3 Å². The van der Waals surface area contributed by atoms with Crippen LogP contribution in [0.25, 0.3) is 0 Å². The molecule has 4 aliphatic heterocycles. The Kier molecular flexibility index (Phi) is 13.7. The van der Waals surface area contributed by atoms with Crippen LogP contribution in [0.4, 0.5) is 50.7 Å². The van der Waals surface area contributed by atoms with Crippen LogP contribution in [-0.4, -0.2) is 126 Å². The molecule has 0 bridgehead atoms. The molecule has 3 saturated heterocycles. The summed E-state index contributed by atoms with van der Waals surface area (Å²) in [5.74, 6) is 0.912. The summed E-state index contributed by atoms with van der Waals surface area (Å²) in [6, 6.07) is 23.0. The number of aromatic nitrogens is 2. The van der Waals surface area contributed by atoms with Crippen molar-refractivity contribution in [3.63, 3.8) is 0 Å². The van der Waals surface area contributed by atoms with Crippen molar-refractivity contribution in [2.75, 3.05) is 96.2 Å². The van der Waals surface area contributed by atoms with Crippen molar-refractivity contribution < 1.29 is 29.3 Å².